The summed E-state index contributed by atoms with van der Waals surface area (Å²) in [4.78, 5) is 0. The van der Waals surface area contributed by atoms with Gasteiger partial charge in [-0.15, -0.1) is 0 Å². The minimum Gasteiger partial charge on any atom is -0.388 e. The largest absolute Gasteiger partial charge is 0.388 e. The Balaban J connectivity index is 1.98. The maximum atomic E-state index is 10.8. The van der Waals surface area contributed by atoms with E-state index in [0.717, 1.165) is 18.9 Å². The first-order valence-electron chi connectivity index (χ1n) is 7.06. The van der Waals surface area contributed by atoms with Gasteiger partial charge in [-0.1, -0.05) is 26.2 Å². The van der Waals surface area contributed by atoms with Crippen LogP contribution in [-0.2, 0) is 0 Å². The monoisotopic (exact) mass is 225 g/mol. The van der Waals surface area contributed by atoms with E-state index < -0.39 is 5.60 Å². The molecule has 1 saturated carbocycles. The molecule has 1 aliphatic carbocycles. The van der Waals surface area contributed by atoms with Crippen molar-refractivity contribution in [2.24, 2.45) is 11.8 Å². The molecule has 1 saturated heterocycles. The number of aliphatic hydroxyl groups is 1. The van der Waals surface area contributed by atoms with Crippen LogP contribution in [0.3, 0.4) is 0 Å². The molecule has 1 heterocycles. The summed E-state index contributed by atoms with van der Waals surface area (Å²) in [7, 11) is 0. The first-order valence-corrected chi connectivity index (χ1v) is 7.06. The maximum absolute atomic E-state index is 10.8. The van der Waals surface area contributed by atoms with E-state index >= 15 is 0 Å². The molecule has 3 unspecified atom stereocenters. The Kier molecular flexibility index (Phi) is 3.91. The second-order valence-corrected chi connectivity index (χ2v) is 6.20. The van der Waals surface area contributed by atoms with Crippen LogP contribution >= 0.6 is 0 Å². The summed E-state index contributed by atoms with van der Waals surface area (Å²) >= 11 is 0. The second kappa shape index (κ2) is 5.05. The fourth-order valence-electron chi connectivity index (χ4n) is 3.52. The van der Waals surface area contributed by atoms with Crippen molar-refractivity contribution in [1.82, 2.24) is 5.32 Å². The molecule has 0 radical (unpaired) electrons. The van der Waals surface area contributed by atoms with Crippen molar-refractivity contribution in [2.45, 2.75) is 70.4 Å². The summed E-state index contributed by atoms with van der Waals surface area (Å²) in [5.41, 5.74) is -0.491. The Morgan fingerprint density at radius 2 is 1.81 bits per heavy atom. The highest BCUT2D eigenvalue weighted by molar-refractivity contribution is 4.96. The molecule has 2 heteroatoms. The van der Waals surface area contributed by atoms with Gasteiger partial charge in [-0.3, -0.25) is 0 Å². The average molecular weight is 225 g/mol. The Bertz CT molecular complexity index is 221. The van der Waals surface area contributed by atoms with E-state index in [4.69, 9.17) is 0 Å². The van der Waals surface area contributed by atoms with E-state index in [1.54, 1.807) is 0 Å². The Hall–Kier alpha value is -0.0800. The summed E-state index contributed by atoms with van der Waals surface area (Å²) in [6.45, 7) is 5.46. The summed E-state index contributed by atoms with van der Waals surface area (Å²) < 4.78 is 0. The highest BCUT2D eigenvalue weighted by Gasteiger charge is 2.41. The van der Waals surface area contributed by atoms with Gasteiger partial charge in [0.25, 0.3) is 0 Å². The van der Waals surface area contributed by atoms with Gasteiger partial charge in [-0.2, -0.15) is 0 Å². The fraction of sp³-hybridized carbons (Fsp3) is 1.00. The lowest BCUT2D eigenvalue weighted by molar-refractivity contribution is -0.0587. The van der Waals surface area contributed by atoms with E-state index in [2.05, 4.69) is 19.2 Å². The zero-order valence-electron chi connectivity index (χ0n) is 10.8. The van der Waals surface area contributed by atoms with Crippen molar-refractivity contribution >= 4 is 0 Å². The standard InChI is InChI=1S/C14H27NO/c1-11-8-9-15-13(10-11)14(2,16)12-6-4-3-5-7-12/h11-13,15-16H,3-10H2,1-2H3. The van der Waals surface area contributed by atoms with Crippen LogP contribution in [0.25, 0.3) is 0 Å². The summed E-state index contributed by atoms with van der Waals surface area (Å²) in [6.07, 6.45) is 8.83. The van der Waals surface area contributed by atoms with Crippen LogP contribution < -0.4 is 5.32 Å². The van der Waals surface area contributed by atoms with Gasteiger partial charge in [-0.05, 0) is 51.0 Å². The molecule has 16 heavy (non-hydrogen) atoms. The van der Waals surface area contributed by atoms with Gasteiger partial charge >= 0.3 is 0 Å². The van der Waals surface area contributed by atoms with Crippen LogP contribution in [0.5, 0.6) is 0 Å². The zero-order chi connectivity index (χ0) is 11.6. The Labute approximate surface area is 99.8 Å². The number of hydrogen-bond acceptors (Lipinski definition) is 2. The molecule has 94 valence electrons. The molecule has 2 fully saturated rings. The van der Waals surface area contributed by atoms with Gasteiger partial charge in [0, 0.05) is 6.04 Å². The molecule has 0 bridgehead atoms. The first kappa shape index (κ1) is 12.4. The fourth-order valence-corrected chi connectivity index (χ4v) is 3.52. The van der Waals surface area contributed by atoms with E-state index in [1.165, 1.54) is 38.5 Å². The summed E-state index contributed by atoms with van der Waals surface area (Å²) in [6, 6.07) is 0.319. The number of nitrogens with one attached hydrogen (secondary N) is 1. The minimum atomic E-state index is -0.491. The van der Waals surface area contributed by atoms with Crippen LogP contribution in [0.4, 0.5) is 0 Å². The van der Waals surface area contributed by atoms with E-state index in [1.807, 2.05) is 0 Å². The molecule has 0 spiro atoms. The van der Waals surface area contributed by atoms with Gasteiger partial charge in [-0.25, -0.2) is 0 Å². The predicted molar refractivity (Wildman–Crippen MR) is 67.4 cm³/mol. The van der Waals surface area contributed by atoms with Crippen molar-refractivity contribution in [3.63, 3.8) is 0 Å². The quantitative estimate of drug-likeness (QED) is 0.757. The van der Waals surface area contributed by atoms with Crippen molar-refractivity contribution in [1.29, 1.82) is 0 Å². The highest BCUT2D eigenvalue weighted by atomic mass is 16.3. The van der Waals surface area contributed by atoms with Crippen molar-refractivity contribution < 1.29 is 5.11 Å². The van der Waals surface area contributed by atoms with Gasteiger partial charge < -0.3 is 10.4 Å². The van der Waals surface area contributed by atoms with Gasteiger partial charge in [0.05, 0.1) is 5.60 Å². The highest BCUT2D eigenvalue weighted by Crippen LogP contribution is 2.37. The summed E-state index contributed by atoms with van der Waals surface area (Å²) in [5.74, 6) is 1.28. The second-order valence-electron chi connectivity index (χ2n) is 6.20. The van der Waals surface area contributed by atoms with E-state index in [-0.39, 0.29) is 0 Å². The Morgan fingerprint density at radius 3 is 2.44 bits per heavy atom. The molecule has 3 atom stereocenters. The average Bonchev–Trinajstić information content (AvgIpc) is 2.30. The van der Waals surface area contributed by atoms with Gasteiger partial charge in [0.15, 0.2) is 0 Å². The van der Waals surface area contributed by atoms with Crippen molar-refractivity contribution in [2.75, 3.05) is 6.54 Å². The zero-order valence-corrected chi connectivity index (χ0v) is 10.8. The maximum Gasteiger partial charge on any atom is 0.0800 e. The molecule has 0 aromatic carbocycles. The number of hydrogen-bond donors (Lipinski definition) is 2. The van der Waals surface area contributed by atoms with Gasteiger partial charge in [0.1, 0.15) is 0 Å². The predicted octanol–water partition coefficient (Wildman–Crippen LogP) is 2.71. The van der Waals surface area contributed by atoms with Crippen molar-refractivity contribution in [3.8, 4) is 0 Å². The molecule has 2 aliphatic rings. The smallest absolute Gasteiger partial charge is 0.0800 e. The molecule has 2 nitrogen and oxygen atoms in total. The molecule has 0 aromatic rings. The molecule has 2 N–H and O–H groups in total. The molecule has 1 aliphatic heterocycles. The lowest BCUT2D eigenvalue weighted by atomic mass is 9.71. The summed E-state index contributed by atoms with van der Waals surface area (Å²) in [5, 5.41) is 14.4. The molecule has 0 aromatic heterocycles. The van der Waals surface area contributed by atoms with Gasteiger partial charge in [0.2, 0.25) is 0 Å². The normalized spacial score (nSPS) is 36.9. The third kappa shape index (κ3) is 2.60. The first-order chi connectivity index (χ1) is 7.60. The van der Waals surface area contributed by atoms with Crippen LogP contribution in [-0.4, -0.2) is 23.3 Å². The van der Waals surface area contributed by atoms with Crippen molar-refractivity contribution in [3.05, 3.63) is 0 Å². The van der Waals surface area contributed by atoms with E-state index in [0.29, 0.717) is 12.0 Å². The topological polar surface area (TPSA) is 32.3 Å². The number of rotatable bonds is 2. The van der Waals surface area contributed by atoms with Crippen LogP contribution in [0.1, 0.15) is 58.8 Å². The lowest BCUT2D eigenvalue weighted by Gasteiger charge is -2.44. The third-order valence-corrected chi connectivity index (χ3v) is 4.80. The number of piperidine rings is 1. The minimum absolute atomic E-state index is 0.319. The van der Waals surface area contributed by atoms with E-state index in [9.17, 15) is 5.11 Å². The third-order valence-electron chi connectivity index (χ3n) is 4.80. The molecular formula is C14H27NO. The molecule has 2 rings (SSSR count). The Morgan fingerprint density at radius 1 is 1.12 bits per heavy atom. The SMILES string of the molecule is CC1CCNC(C(C)(O)C2CCCCC2)C1. The molecular weight excluding hydrogens is 198 g/mol. The van der Waals surface area contributed by atoms with Crippen LogP contribution in [0.2, 0.25) is 0 Å². The lowest BCUT2D eigenvalue weighted by Crippen LogP contribution is -2.56. The van der Waals surface area contributed by atoms with Crippen LogP contribution in [0.15, 0.2) is 0 Å². The van der Waals surface area contributed by atoms with Crippen LogP contribution in [0, 0.1) is 11.8 Å². The molecule has 0 amide bonds.